The van der Waals surface area contributed by atoms with Crippen molar-refractivity contribution in [1.29, 1.82) is 0 Å². The number of aliphatic carboxylic acids is 1. The molecule has 0 radical (unpaired) electrons. The highest BCUT2D eigenvalue weighted by Crippen LogP contribution is 2.22. The van der Waals surface area contributed by atoms with E-state index in [1.54, 1.807) is 31.2 Å². The molecule has 22 heavy (non-hydrogen) atoms. The predicted molar refractivity (Wildman–Crippen MR) is 83.3 cm³/mol. The molecule has 0 fully saturated rings. The fraction of sp³-hybridized carbons (Fsp3) is 0.222. The average Bonchev–Trinajstić information content (AvgIpc) is 2.48. The Morgan fingerprint density at radius 3 is 2.14 bits per heavy atom. The van der Waals surface area contributed by atoms with E-state index in [4.69, 9.17) is 9.84 Å². The number of hydrogen-bond acceptors (Lipinski definition) is 3. The number of carboxylic acid groups (broad SMARTS) is 1. The molecule has 0 unspecified atom stereocenters. The number of ketones is 1. The van der Waals surface area contributed by atoms with Crippen molar-refractivity contribution in [3.05, 3.63) is 60.2 Å². The van der Waals surface area contributed by atoms with Crippen molar-refractivity contribution >= 4 is 11.8 Å². The SMILES string of the molecule is C[C@@H](CC(=O)O)CC(=O)c1ccc(Oc2ccccc2)cc1. The monoisotopic (exact) mass is 298 g/mol. The lowest BCUT2D eigenvalue weighted by atomic mass is 9.97. The molecule has 0 saturated carbocycles. The smallest absolute Gasteiger partial charge is 0.303 e. The van der Waals surface area contributed by atoms with Crippen molar-refractivity contribution in [2.45, 2.75) is 19.8 Å². The van der Waals surface area contributed by atoms with Gasteiger partial charge in [0.25, 0.3) is 0 Å². The maximum Gasteiger partial charge on any atom is 0.303 e. The Labute approximate surface area is 129 Å². The van der Waals surface area contributed by atoms with Gasteiger partial charge in [0, 0.05) is 18.4 Å². The van der Waals surface area contributed by atoms with Crippen molar-refractivity contribution in [3.8, 4) is 11.5 Å². The maximum absolute atomic E-state index is 12.1. The number of hydrogen-bond donors (Lipinski definition) is 1. The molecule has 4 nitrogen and oxygen atoms in total. The molecule has 1 atom stereocenters. The largest absolute Gasteiger partial charge is 0.481 e. The zero-order chi connectivity index (χ0) is 15.9. The van der Waals surface area contributed by atoms with Crippen LogP contribution in [0.15, 0.2) is 54.6 Å². The summed E-state index contributed by atoms with van der Waals surface area (Å²) in [6.45, 7) is 1.76. The third-order valence-electron chi connectivity index (χ3n) is 3.21. The van der Waals surface area contributed by atoms with Gasteiger partial charge in [-0.05, 0) is 42.3 Å². The highest BCUT2D eigenvalue weighted by Gasteiger charge is 2.14. The summed E-state index contributed by atoms with van der Waals surface area (Å²) in [5.41, 5.74) is 0.567. The van der Waals surface area contributed by atoms with E-state index in [0.717, 1.165) is 5.75 Å². The number of carbonyl (C=O) groups is 2. The maximum atomic E-state index is 12.1. The van der Waals surface area contributed by atoms with Crippen molar-refractivity contribution < 1.29 is 19.4 Å². The van der Waals surface area contributed by atoms with E-state index in [1.165, 1.54) is 0 Å². The predicted octanol–water partition coefficient (Wildman–Crippen LogP) is 4.16. The summed E-state index contributed by atoms with van der Waals surface area (Å²) in [5, 5.41) is 8.72. The minimum absolute atomic E-state index is 0.000934. The van der Waals surface area contributed by atoms with Crippen LogP contribution < -0.4 is 4.74 Å². The molecule has 0 aliphatic carbocycles. The Morgan fingerprint density at radius 2 is 1.55 bits per heavy atom. The van der Waals surface area contributed by atoms with E-state index < -0.39 is 5.97 Å². The number of rotatable bonds is 7. The minimum Gasteiger partial charge on any atom is -0.481 e. The van der Waals surface area contributed by atoms with Crippen LogP contribution in [0.1, 0.15) is 30.1 Å². The van der Waals surface area contributed by atoms with Crippen molar-refractivity contribution in [3.63, 3.8) is 0 Å². The summed E-state index contributed by atoms with van der Waals surface area (Å²) >= 11 is 0. The Hall–Kier alpha value is -2.62. The van der Waals surface area contributed by atoms with Crippen molar-refractivity contribution in [2.24, 2.45) is 5.92 Å². The fourth-order valence-electron chi connectivity index (χ4n) is 2.14. The highest BCUT2D eigenvalue weighted by atomic mass is 16.5. The van der Waals surface area contributed by atoms with Crippen LogP contribution in [-0.2, 0) is 4.79 Å². The van der Waals surface area contributed by atoms with Crippen LogP contribution in [0.4, 0.5) is 0 Å². The van der Waals surface area contributed by atoms with Gasteiger partial charge < -0.3 is 9.84 Å². The van der Waals surface area contributed by atoms with Crippen LogP contribution in [0.5, 0.6) is 11.5 Å². The van der Waals surface area contributed by atoms with Gasteiger partial charge in [-0.25, -0.2) is 0 Å². The van der Waals surface area contributed by atoms with E-state index in [1.807, 2.05) is 30.3 Å². The van der Waals surface area contributed by atoms with E-state index in [9.17, 15) is 9.59 Å². The zero-order valence-corrected chi connectivity index (χ0v) is 12.4. The van der Waals surface area contributed by atoms with Crippen LogP contribution in [0.2, 0.25) is 0 Å². The summed E-state index contributed by atoms with van der Waals surface area (Å²) in [4.78, 5) is 22.7. The standard InChI is InChI=1S/C18H18O4/c1-13(12-18(20)21)11-17(19)14-7-9-16(10-8-14)22-15-5-3-2-4-6-15/h2-10,13H,11-12H2,1H3,(H,20,21)/t13-/m1/s1. The van der Waals surface area contributed by atoms with E-state index in [0.29, 0.717) is 11.3 Å². The molecule has 4 heteroatoms. The summed E-state index contributed by atoms with van der Waals surface area (Å²) in [5.74, 6) is 0.273. The van der Waals surface area contributed by atoms with Gasteiger partial charge in [0.15, 0.2) is 5.78 Å². The molecular weight excluding hydrogens is 280 g/mol. The van der Waals surface area contributed by atoms with Crippen LogP contribution in [0.25, 0.3) is 0 Å². The topological polar surface area (TPSA) is 63.6 Å². The number of para-hydroxylation sites is 1. The lowest BCUT2D eigenvalue weighted by molar-refractivity contribution is -0.137. The molecule has 0 heterocycles. The van der Waals surface area contributed by atoms with Crippen molar-refractivity contribution in [2.75, 3.05) is 0 Å². The summed E-state index contributed by atoms with van der Waals surface area (Å²) in [7, 11) is 0. The fourth-order valence-corrected chi connectivity index (χ4v) is 2.14. The number of ether oxygens (including phenoxy) is 1. The normalized spacial score (nSPS) is 11.7. The first-order valence-corrected chi connectivity index (χ1v) is 7.12. The third kappa shape index (κ3) is 4.74. The van der Waals surface area contributed by atoms with Gasteiger partial charge in [-0.15, -0.1) is 0 Å². The first kappa shape index (κ1) is 15.8. The second-order valence-electron chi connectivity index (χ2n) is 5.27. The lowest BCUT2D eigenvalue weighted by Crippen LogP contribution is -2.10. The first-order chi connectivity index (χ1) is 10.5. The van der Waals surface area contributed by atoms with E-state index in [-0.39, 0.29) is 24.5 Å². The third-order valence-corrected chi connectivity index (χ3v) is 3.21. The molecule has 1 N–H and O–H groups in total. The Kier molecular flexibility index (Phi) is 5.31. The number of carbonyl (C=O) groups excluding carboxylic acids is 1. The van der Waals surface area contributed by atoms with Gasteiger partial charge in [-0.1, -0.05) is 25.1 Å². The second-order valence-corrected chi connectivity index (χ2v) is 5.27. The van der Waals surface area contributed by atoms with Crippen molar-refractivity contribution in [1.82, 2.24) is 0 Å². The van der Waals surface area contributed by atoms with Gasteiger partial charge in [0.2, 0.25) is 0 Å². The molecule has 0 amide bonds. The minimum atomic E-state index is -0.882. The van der Waals surface area contributed by atoms with Gasteiger partial charge in [0.1, 0.15) is 11.5 Å². The molecule has 0 saturated heterocycles. The Balaban J connectivity index is 1.96. The molecule has 2 aromatic carbocycles. The Morgan fingerprint density at radius 1 is 0.955 bits per heavy atom. The van der Waals surface area contributed by atoms with E-state index >= 15 is 0 Å². The summed E-state index contributed by atoms with van der Waals surface area (Å²) < 4.78 is 5.66. The molecular formula is C18H18O4. The number of Topliss-reactive ketones (excluding diaryl/α,β-unsaturated/α-hetero) is 1. The van der Waals surface area contributed by atoms with Crippen LogP contribution >= 0.6 is 0 Å². The number of carboxylic acids is 1. The molecule has 0 spiro atoms. The first-order valence-electron chi connectivity index (χ1n) is 7.12. The summed E-state index contributed by atoms with van der Waals surface area (Å²) in [6, 6.07) is 16.3. The van der Waals surface area contributed by atoms with Gasteiger partial charge >= 0.3 is 5.97 Å². The molecule has 114 valence electrons. The van der Waals surface area contributed by atoms with Gasteiger partial charge in [-0.3, -0.25) is 9.59 Å². The molecule has 0 aliphatic heterocycles. The molecule has 2 rings (SSSR count). The molecule has 0 aromatic heterocycles. The zero-order valence-electron chi connectivity index (χ0n) is 12.4. The summed E-state index contributed by atoms with van der Waals surface area (Å²) in [6.07, 6.45) is 0.228. The highest BCUT2D eigenvalue weighted by molar-refractivity contribution is 5.96. The van der Waals surface area contributed by atoms with Crippen LogP contribution in [-0.4, -0.2) is 16.9 Å². The molecule has 0 aliphatic rings. The number of benzene rings is 2. The lowest BCUT2D eigenvalue weighted by Gasteiger charge is -2.09. The van der Waals surface area contributed by atoms with Crippen LogP contribution in [0, 0.1) is 5.92 Å². The quantitative estimate of drug-likeness (QED) is 0.779. The second kappa shape index (κ2) is 7.41. The average molecular weight is 298 g/mol. The van der Waals surface area contributed by atoms with E-state index in [2.05, 4.69) is 0 Å². The molecule has 2 aromatic rings. The Bertz CT molecular complexity index is 632. The van der Waals surface area contributed by atoms with Gasteiger partial charge in [0.05, 0.1) is 0 Å². The van der Waals surface area contributed by atoms with Crippen LogP contribution in [0.3, 0.4) is 0 Å². The van der Waals surface area contributed by atoms with Gasteiger partial charge in [-0.2, -0.15) is 0 Å². The molecule has 0 bridgehead atoms.